The van der Waals surface area contributed by atoms with Crippen molar-refractivity contribution in [2.24, 2.45) is 0 Å². The number of fused-ring (bicyclic) bond motifs is 1. The van der Waals surface area contributed by atoms with E-state index in [4.69, 9.17) is 4.74 Å². The molecule has 2 N–H and O–H groups in total. The molecule has 1 aromatic heterocycles. The highest BCUT2D eigenvalue weighted by atomic mass is 16.5. The van der Waals surface area contributed by atoms with Gasteiger partial charge in [-0.25, -0.2) is 4.79 Å². The minimum Gasteiger partial charge on any atom is -0.379 e. The van der Waals surface area contributed by atoms with Crippen LogP contribution in [0, 0.1) is 0 Å². The molecule has 0 saturated carbocycles. The van der Waals surface area contributed by atoms with E-state index in [1.807, 2.05) is 37.3 Å². The lowest BCUT2D eigenvalue weighted by molar-refractivity contribution is 0.0350. The molecule has 1 aliphatic rings. The van der Waals surface area contributed by atoms with Gasteiger partial charge in [0.15, 0.2) is 0 Å². The maximum Gasteiger partial charge on any atom is 0.319 e. The third-order valence-corrected chi connectivity index (χ3v) is 3.89. The van der Waals surface area contributed by atoms with Crippen molar-refractivity contribution in [1.29, 1.82) is 0 Å². The van der Waals surface area contributed by atoms with Gasteiger partial charge < -0.3 is 15.4 Å². The Bertz CT molecular complexity index is 665. The number of ether oxygens (including phenoxy) is 1. The second kappa shape index (κ2) is 7.39. The summed E-state index contributed by atoms with van der Waals surface area (Å²) in [5.41, 5.74) is 1.52. The number of aromatic nitrogens is 1. The second-order valence-corrected chi connectivity index (χ2v) is 5.79. The number of nitrogens with one attached hydrogen (secondary N) is 2. The molecule has 0 bridgehead atoms. The van der Waals surface area contributed by atoms with Gasteiger partial charge in [-0.2, -0.15) is 0 Å². The van der Waals surface area contributed by atoms with Crippen LogP contribution in [0.15, 0.2) is 36.5 Å². The summed E-state index contributed by atoms with van der Waals surface area (Å²) in [5.74, 6) is 0. The Morgan fingerprint density at radius 1 is 1.30 bits per heavy atom. The van der Waals surface area contributed by atoms with E-state index in [9.17, 15) is 4.79 Å². The first-order valence-electron chi connectivity index (χ1n) is 7.94. The van der Waals surface area contributed by atoms with Crippen LogP contribution in [0.1, 0.15) is 6.92 Å². The van der Waals surface area contributed by atoms with E-state index in [0.29, 0.717) is 0 Å². The number of carbonyl (C=O) groups excluding carboxylic acids is 1. The average molecular weight is 314 g/mol. The first-order chi connectivity index (χ1) is 11.2. The standard InChI is InChI=1S/C17H22N4O2/c1-13(12-21-8-10-23-11-9-21)19-17(22)20-15-6-2-4-14-5-3-7-18-16(14)15/h2-7,13H,8-12H2,1H3,(H2,19,20,22)/t13-/m1/s1. The molecule has 1 saturated heterocycles. The van der Waals surface area contributed by atoms with Crippen molar-refractivity contribution in [3.63, 3.8) is 0 Å². The lowest BCUT2D eigenvalue weighted by Gasteiger charge is -2.29. The third-order valence-electron chi connectivity index (χ3n) is 3.89. The number of morpholine rings is 1. The lowest BCUT2D eigenvalue weighted by Crippen LogP contribution is -2.47. The Hall–Kier alpha value is -2.18. The van der Waals surface area contributed by atoms with Gasteiger partial charge in [0.25, 0.3) is 0 Å². The van der Waals surface area contributed by atoms with E-state index >= 15 is 0 Å². The molecule has 0 unspecified atom stereocenters. The Balaban J connectivity index is 1.57. The van der Waals surface area contributed by atoms with Gasteiger partial charge in [-0.15, -0.1) is 0 Å². The highest BCUT2D eigenvalue weighted by Gasteiger charge is 2.15. The van der Waals surface area contributed by atoms with Crippen LogP contribution in [0.3, 0.4) is 0 Å². The number of benzene rings is 1. The van der Waals surface area contributed by atoms with E-state index < -0.39 is 0 Å². The zero-order valence-electron chi connectivity index (χ0n) is 13.3. The van der Waals surface area contributed by atoms with Gasteiger partial charge in [0, 0.05) is 37.3 Å². The number of hydrogen-bond donors (Lipinski definition) is 2. The second-order valence-electron chi connectivity index (χ2n) is 5.79. The molecule has 0 aliphatic carbocycles. The number of hydrogen-bond acceptors (Lipinski definition) is 4. The van der Waals surface area contributed by atoms with Gasteiger partial charge in [-0.1, -0.05) is 18.2 Å². The predicted molar refractivity (Wildman–Crippen MR) is 90.6 cm³/mol. The number of para-hydroxylation sites is 1. The Morgan fingerprint density at radius 2 is 2.09 bits per heavy atom. The van der Waals surface area contributed by atoms with E-state index in [1.165, 1.54) is 0 Å². The van der Waals surface area contributed by atoms with E-state index in [0.717, 1.165) is 49.4 Å². The molecule has 1 aromatic carbocycles. The topological polar surface area (TPSA) is 66.5 Å². The zero-order valence-corrected chi connectivity index (χ0v) is 13.3. The fourth-order valence-electron chi connectivity index (χ4n) is 2.80. The smallest absolute Gasteiger partial charge is 0.319 e. The molecule has 2 amide bonds. The fourth-order valence-corrected chi connectivity index (χ4v) is 2.80. The SMILES string of the molecule is C[C@H](CN1CCOCC1)NC(=O)Nc1cccc2cccnc12. The summed E-state index contributed by atoms with van der Waals surface area (Å²) in [7, 11) is 0. The monoisotopic (exact) mass is 314 g/mol. The lowest BCUT2D eigenvalue weighted by atomic mass is 10.2. The molecule has 1 atom stereocenters. The van der Waals surface area contributed by atoms with Crippen molar-refractivity contribution in [2.75, 3.05) is 38.2 Å². The maximum absolute atomic E-state index is 12.2. The number of nitrogens with zero attached hydrogens (tertiary/aromatic N) is 2. The Labute approximate surface area is 135 Å². The van der Waals surface area contributed by atoms with Crippen LogP contribution < -0.4 is 10.6 Å². The van der Waals surface area contributed by atoms with Gasteiger partial charge in [0.05, 0.1) is 24.4 Å². The molecule has 3 rings (SSSR count). The zero-order chi connectivity index (χ0) is 16.1. The molecule has 2 heterocycles. The Morgan fingerprint density at radius 3 is 2.91 bits per heavy atom. The molecule has 6 nitrogen and oxygen atoms in total. The summed E-state index contributed by atoms with van der Waals surface area (Å²) in [6.07, 6.45) is 1.73. The van der Waals surface area contributed by atoms with Gasteiger partial charge in [0.2, 0.25) is 0 Å². The van der Waals surface area contributed by atoms with Crippen molar-refractivity contribution in [2.45, 2.75) is 13.0 Å². The number of anilines is 1. The minimum absolute atomic E-state index is 0.0658. The highest BCUT2D eigenvalue weighted by Crippen LogP contribution is 2.20. The van der Waals surface area contributed by atoms with Crippen LogP contribution >= 0.6 is 0 Å². The first kappa shape index (κ1) is 15.7. The third kappa shape index (κ3) is 4.18. The van der Waals surface area contributed by atoms with Crippen LogP contribution in [0.5, 0.6) is 0 Å². The average Bonchev–Trinajstić information content (AvgIpc) is 2.56. The number of pyridine rings is 1. The summed E-state index contributed by atoms with van der Waals surface area (Å²) in [5, 5.41) is 6.88. The Kier molecular flexibility index (Phi) is 5.05. The quantitative estimate of drug-likeness (QED) is 0.907. The summed E-state index contributed by atoms with van der Waals surface area (Å²) in [6.45, 7) is 6.20. The van der Waals surface area contributed by atoms with Crippen molar-refractivity contribution in [3.8, 4) is 0 Å². The summed E-state index contributed by atoms with van der Waals surface area (Å²) < 4.78 is 5.33. The van der Waals surface area contributed by atoms with Gasteiger partial charge in [0.1, 0.15) is 0 Å². The molecule has 0 radical (unpaired) electrons. The molecule has 2 aromatic rings. The normalized spacial score (nSPS) is 16.9. The molecular weight excluding hydrogens is 292 g/mol. The highest BCUT2D eigenvalue weighted by molar-refractivity contribution is 5.99. The predicted octanol–water partition coefficient (Wildman–Crippen LogP) is 2.08. The number of rotatable bonds is 4. The molecule has 0 spiro atoms. The van der Waals surface area contributed by atoms with Crippen LogP contribution in [0.4, 0.5) is 10.5 Å². The van der Waals surface area contributed by atoms with Crippen molar-refractivity contribution >= 4 is 22.6 Å². The first-order valence-corrected chi connectivity index (χ1v) is 7.94. The summed E-state index contributed by atoms with van der Waals surface area (Å²) >= 11 is 0. The fraction of sp³-hybridized carbons (Fsp3) is 0.412. The molecule has 122 valence electrons. The van der Waals surface area contributed by atoms with Crippen LogP contribution in [-0.2, 0) is 4.74 Å². The summed E-state index contributed by atoms with van der Waals surface area (Å²) in [4.78, 5) is 18.9. The van der Waals surface area contributed by atoms with Crippen molar-refractivity contribution < 1.29 is 9.53 Å². The van der Waals surface area contributed by atoms with Crippen molar-refractivity contribution in [1.82, 2.24) is 15.2 Å². The minimum atomic E-state index is -0.205. The molecule has 23 heavy (non-hydrogen) atoms. The van der Waals surface area contributed by atoms with Gasteiger partial charge >= 0.3 is 6.03 Å². The molecular formula is C17H22N4O2. The van der Waals surface area contributed by atoms with Crippen LogP contribution in [-0.4, -0.2) is 54.8 Å². The van der Waals surface area contributed by atoms with Gasteiger partial charge in [-0.3, -0.25) is 9.88 Å². The van der Waals surface area contributed by atoms with Crippen LogP contribution in [0.25, 0.3) is 10.9 Å². The number of carbonyl (C=O) groups is 1. The van der Waals surface area contributed by atoms with Crippen LogP contribution in [0.2, 0.25) is 0 Å². The number of amides is 2. The molecule has 1 fully saturated rings. The summed E-state index contributed by atoms with van der Waals surface area (Å²) in [6, 6.07) is 9.48. The van der Waals surface area contributed by atoms with E-state index in [2.05, 4.69) is 20.5 Å². The van der Waals surface area contributed by atoms with E-state index in [1.54, 1.807) is 6.20 Å². The van der Waals surface area contributed by atoms with Crippen molar-refractivity contribution in [3.05, 3.63) is 36.5 Å². The number of urea groups is 1. The largest absolute Gasteiger partial charge is 0.379 e. The van der Waals surface area contributed by atoms with Gasteiger partial charge in [-0.05, 0) is 19.1 Å². The molecule has 6 heteroatoms. The maximum atomic E-state index is 12.2. The molecule has 1 aliphatic heterocycles. The van der Waals surface area contributed by atoms with E-state index in [-0.39, 0.29) is 12.1 Å².